The number of anilines is 1. The standard InChI is InChI=1S/C23H21NO4/c1-3-27-21-7-5-4-6-20(21)23(26)28-19-14-10-17(11-15-19)22(25)24-18-12-8-16(2)9-13-18/h4-15H,3H2,1-2H3,(H,24,25). The molecule has 5 heteroatoms. The summed E-state index contributed by atoms with van der Waals surface area (Å²) in [4.78, 5) is 24.8. The first-order valence-corrected chi connectivity index (χ1v) is 8.99. The van der Waals surface area contributed by atoms with Crippen molar-refractivity contribution in [1.29, 1.82) is 0 Å². The summed E-state index contributed by atoms with van der Waals surface area (Å²) in [6, 6.07) is 20.9. The third-order valence-corrected chi connectivity index (χ3v) is 4.04. The van der Waals surface area contributed by atoms with Crippen LogP contribution < -0.4 is 14.8 Å². The molecule has 3 rings (SSSR count). The van der Waals surface area contributed by atoms with Gasteiger partial charge in [-0.3, -0.25) is 4.79 Å². The Kier molecular flexibility index (Phi) is 6.07. The van der Waals surface area contributed by atoms with Gasteiger partial charge in [0.05, 0.1) is 6.61 Å². The summed E-state index contributed by atoms with van der Waals surface area (Å²) in [5.41, 5.74) is 2.66. The molecular weight excluding hydrogens is 354 g/mol. The van der Waals surface area contributed by atoms with E-state index in [4.69, 9.17) is 9.47 Å². The largest absolute Gasteiger partial charge is 0.493 e. The highest BCUT2D eigenvalue weighted by Crippen LogP contribution is 2.21. The van der Waals surface area contributed by atoms with Crippen LogP contribution in [0.3, 0.4) is 0 Å². The van der Waals surface area contributed by atoms with Crippen LogP contribution in [0.15, 0.2) is 72.8 Å². The van der Waals surface area contributed by atoms with Crippen LogP contribution in [-0.2, 0) is 0 Å². The van der Waals surface area contributed by atoms with E-state index in [1.165, 1.54) is 0 Å². The number of carbonyl (C=O) groups excluding carboxylic acids is 2. The normalized spacial score (nSPS) is 10.2. The van der Waals surface area contributed by atoms with Gasteiger partial charge in [0.15, 0.2) is 0 Å². The van der Waals surface area contributed by atoms with Crippen molar-refractivity contribution < 1.29 is 19.1 Å². The van der Waals surface area contributed by atoms with Crippen molar-refractivity contribution in [2.24, 2.45) is 0 Å². The van der Waals surface area contributed by atoms with Crippen molar-refractivity contribution in [3.63, 3.8) is 0 Å². The first-order valence-electron chi connectivity index (χ1n) is 8.99. The second-order valence-corrected chi connectivity index (χ2v) is 6.16. The average molecular weight is 375 g/mol. The summed E-state index contributed by atoms with van der Waals surface area (Å²) in [6.45, 7) is 4.29. The molecule has 3 aromatic carbocycles. The molecule has 1 amide bonds. The topological polar surface area (TPSA) is 64.6 Å². The number of carbonyl (C=O) groups is 2. The zero-order valence-electron chi connectivity index (χ0n) is 15.8. The van der Waals surface area contributed by atoms with Crippen LogP contribution in [0.25, 0.3) is 0 Å². The molecule has 5 nitrogen and oxygen atoms in total. The van der Waals surface area contributed by atoms with E-state index in [0.717, 1.165) is 11.3 Å². The van der Waals surface area contributed by atoms with Crippen LogP contribution in [-0.4, -0.2) is 18.5 Å². The van der Waals surface area contributed by atoms with Gasteiger partial charge in [-0.05, 0) is 62.4 Å². The minimum absolute atomic E-state index is 0.233. The van der Waals surface area contributed by atoms with Gasteiger partial charge in [-0.1, -0.05) is 29.8 Å². The Hall–Kier alpha value is -3.60. The fourth-order valence-electron chi connectivity index (χ4n) is 2.59. The number of amides is 1. The van der Waals surface area contributed by atoms with Crippen molar-refractivity contribution in [3.05, 3.63) is 89.5 Å². The summed E-state index contributed by atoms with van der Waals surface area (Å²) >= 11 is 0. The minimum Gasteiger partial charge on any atom is -0.493 e. The molecule has 0 fully saturated rings. The SMILES string of the molecule is CCOc1ccccc1C(=O)Oc1ccc(C(=O)Nc2ccc(C)cc2)cc1. The molecule has 0 saturated carbocycles. The Balaban J connectivity index is 1.66. The number of para-hydroxylation sites is 1. The Morgan fingerprint density at radius 3 is 2.25 bits per heavy atom. The van der Waals surface area contributed by atoms with Crippen LogP contribution >= 0.6 is 0 Å². The molecule has 0 aromatic heterocycles. The molecule has 0 aliphatic rings. The third kappa shape index (κ3) is 4.76. The van der Waals surface area contributed by atoms with Gasteiger partial charge in [0.2, 0.25) is 0 Å². The predicted molar refractivity (Wildman–Crippen MR) is 108 cm³/mol. The van der Waals surface area contributed by atoms with E-state index in [1.54, 1.807) is 48.5 Å². The van der Waals surface area contributed by atoms with E-state index < -0.39 is 5.97 Å². The number of esters is 1. The Morgan fingerprint density at radius 1 is 0.893 bits per heavy atom. The Labute approximate surface area is 163 Å². The van der Waals surface area contributed by atoms with Crippen molar-refractivity contribution >= 4 is 17.6 Å². The van der Waals surface area contributed by atoms with Crippen LogP contribution in [0.2, 0.25) is 0 Å². The van der Waals surface area contributed by atoms with Crippen molar-refractivity contribution in [1.82, 2.24) is 0 Å². The molecule has 0 radical (unpaired) electrons. The fourth-order valence-corrected chi connectivity index (χ4v) is 2.59. The smallest absolute Gasteiger partial charge is 0.347 e. The first-order chi connectivity index (χ1) is 13.6. The monoisotopic (exact) mass is 375 g/mol. The maximum atomic E-state index is 12.4. The van der Waals surface area contributed by atoms with E-state index in [1.807, 2.05) is 38.1 Å². The van der Waals surface area contributed by atoms with E-state index in [2.05, 4.69) is 5.32 Å². The van der Waals surface area contributed by atoms with Crippen LogP contribution in [0.5, 0.6) is 11.5 Å². The van der Waals surface area contributed by atoms with Gasteiger partial charge < -0.3 is 14.8 Å². The minimum atomic E-state index is -0.513. The summed E-state index contributed by atoms with van der Waals surface area (Å²) in [6.07, 6.45) is 0. The highest BCUT2D eigenvalue weighted by atomic mass is 16.5. The van der Waals surface area contributed by atoms with Crippen LogP contribution in [0.4, 0.5) is 5.69 Å². The van der Waals surface area contributed by atoms with Gasteiger partial charge >= 0.3 is 5.97 Å². The maximum absolute atomic E-state index is 12.4. The fraction of sp³-hybridized carbons (Fsp3) is 0.130. The number of hydrogen-bond donors (Lipinski definition) is 1. The number of nitrogens with one attached hydrogen (secondary N) is 1. The zero-order valence-corrected chi connectivity index (χ0v) is 15.8. The van der Waals surface area contributed by atoms with E-state index in [0.29, 0.717) is 29.2 Å². The Bertz CT molecular complexity index is 963. The predicted octanol–water partition coefficient (Wildman–Crippen LogP) is 4.87. The van der Waals surface area contributed by atoms with Gasteiger partial charge in [0.1, 0.15) is 17.1 Å². The lowest BCUT2D eigenvalue weighted by atomic mass is 10.2. The third-order valence-electron chi connectivity index (χ3n) is 4.04. The molecule has 1 N–H and O–H groups in total. The highest BCUT2D eigenvalue weighted by molar-refractivity contribution is 6.04. The summed E-state index contributed by atoms with van der Waals surface area (Å²) < 4.78 is 10.9. The lowest BCUT2D eigenvalue weighted by Crippen LogP contribution is -2.13. The van der Waals surface area contributed by atoms with Gasteiger partial charge in [0, 0.05) is 11.3 Å². The van der Waals surface area contributed by atoms with E-state index >= 15 is 0 Å². The molecule has 3 aromatic rings. The maximum Gasteiger partial charge on any atom is 0.347 e. The van der Waals surface area contributed by atoms with E-state index in [9.17, 15) is 9.59 Å². The molecule has 0 atom stereocenters. The number of ether oxygens (including phenoxy) is 2. The molecule has 0 aliphatic carbocycles. The molecule has 28 heavy (non-hydrogen) atoms. The number of benzene rings is 3. The number of aryl methyl sites for hydroxylation is 1. The van der Waals surface area contributed by atoms with Crippen LogP contribution in [0, 0.1) is 6.92 Å². The summed E-state index contributed by atoms with van der Waals surface area (Å²) in [7, 11) is 0. The van der Waals surface area contributed by atoms with E-state index in [-0.39, 0.29) is 5.91 Å². The Morgan fingerprint density at radius 2 is 1.57 bits per heavy atom. The molecule has 142 valence electrons. The average Bonchev–Trinajstić information content (AvgIpc) is 2.71. The quantitative estimate of drug-likeness (QED) is 0.493. The summed E-state index contributed by atoms with van der Waals surface area (Å²) in [5.74, 6) is 0.0802. The second kappa shape index (κ2) is 8.86. The molecule has 0 heterocycles. The number of hydrogen-bond acceptors (Lipinski definition) is 4. The molecule has 0 unspecified atom stereocenters. The molecule has 0 saturated heterocycles. The molecule has 0 bridgehead atoms. The summed E-state index contributed by atoms with van der Waals surface area (Å²) in [5, 5.41) is 2.83. The van der Waals surface area contributed by atoms with Gasteiger partial charge in [0.25, 0.3) is 5.91 Å². The van der Waals surface area contributed by atoms with Crippen molar-refractivity contribution in [2.45, 2.75) is 13.8 Å². The number of rotatable bonds is 6. The molecule has 0 aliphatic heterocycles. The lowest BCUT2D eigenvalue weighted by molar-refractivity contribution is 0.0730. The zero-order chi connectivity index (χ0) is 19.9. The van der Waals surface area contributed by atoms with Gasteiger partial charge in [-0.15, -0.1) is 0 Å². The van der Waals surface area contributed by atoms with Crippen molar-refractivity contribution in [2.75, 3.05) is 11.9 Å². The van der Waals surface area contributed by atoms with Crippen molar-refractivity contribution in [3.8, 4) is 11.5 Å². The first kappa shape index (κ1) is 19.2. The second-order valence-electron chi connectivity index (χ2n) is 6.16. The highest BCUT2D eigenvalue weighted by Gasteiger charge is 2.15. The van der Waals surface area contributed by atoms with Gasteiger partial charge in [-0.2, -0.15) is 0 Å². The molecular formula is C23H21NO4. The van der Waals surface area contributed by atoms with Crippen LogP contribution in [0.1, 0.15) is 33.2 Å². The lowest BCUT2D eigenvalue weighted by Gasteiger charge is -2.10. The molecule has 0 spiro atoms. The van der Waals surface area contributed by atoms with Gasteiger partial charge in [-0.25, -0.2) is 4.79 Å².